The molecule has 0 bridgehead atoms. The second-order valence-electron chi connectivity index (χ2n) is 4.57. The second kappa shape index (κ2) is 5.67. The quantitative estimate of drug-likeness (QED) is 0.933. The summed E-state index contributed by atoms with van der Waals surface area (Å²) in [6, 6.07) is 4.85. The summed E-state index contributed by atoms with van der Waals surface area (Å²) in [5, 5.41) is 9.74. The van der Waals surface area contributed by atoms with E-state index in [1.807, 2.05) is 24.9 Å². The lowest BCUT2D eigenvalue weighted by atomic mass is 10.1. The van der Waals surface area contributed by atoms with Crippen LogP contribution in [0, 0.1) is 12.7 Å². The number of aromatic nitrogens is 1. The number of hydrogen-bond acceptors (Lipinski definition) is 4. The van der Waals surface area contributed by atoms with Crippen molar-refractivity contribution in [2.24, 2.45) is 0 Å². The van der Waals surface area contributed by atoms with Crippen LogP contribution in [0.4, 0.5) is 10.1 Å². The number of thiazole rings is 1. The van der Waals surface area contributed by atoms with Gasteiger partial charge in [0.1, 0.15) is 5.82 Å². The maximum atomic E-state index is 13.8. The van der Waals surface area contributed by atoms with Crippen LogP contribution in [0.1, 0.15) is 29.2 Å². The molecule has 2 rings (SSSR count). The fraction of sp³-hybridized carbons (Fsp3) is 0.357. The number of halogens is 1. The molecule has 102 valence electrons. The molecule has 0 spiro atoms. The number of anilines is 1. The highest BCUT2D eigenvalue weighted by molar-refractivity contribution is 7.09. The number of rotatable bonds is 4. The number of aliphatic hydroxyl groups excluding tert-OH is 1. The lowest BCUT2D eigenvalue weighted by molar-refractivity contribution is 0.194. The third-order valence-electron chi connectivity index (χ3n) is 3.08. The molecule has 0 radical (unpaired) electrons. The lowest BCUT2D eigenvalue weighted by Gasteiger charge is -2.23. The van der Waals surface area contributed by atoms with Gasteiger partial charge in [-0.1, -0.05) is 6.07 Å². The van der Waals surface area contributed by atoms with Gasteiger partial charge in [0, 0.05) is 23.2 Å². The Balaban J connectivity index is 2.31. The summed E-state index contributed by atoms with van der Waals surface area (Å²) in [4.78, 5) is 7.28. The number of nitrogens with zero attached hydrogens (tertiary/aromatic N) is 2. The van der Waals surface area contributed by atoms with Gasteiger partial charge in [-0.2, -0.15) is 0 Å². The van der Waals surface area contributed by atoms with E-state index in [0.29, 0.717) is 17.8 Å². The van der Waals surface area contributed by atoms with Crippen LogP contribution in [-0.2, 0) is 6.54 Å². The van der Waals surface area contributed by atoms with Crippen LogP contribution < -0.4 is 4.90 Å². The molecule has 1 heterocycles. The van der Waals surface area contributed by atoms with E-state index in [0.717, 1.165) is 10.6 Å². The highest BCUT2D eigenvalue weighted by atomic mass is 32.1. The van der Waals surface area contributed by atoms with Crippen molar-refractivity contribution in [3.8, 4) is 0 Å². The minimum absolute atomic E-state index is 0.340. The van der Waals surface area contributed by atoms with Crippen LogP contribution in [0.2, 0.25) is 0 Å². The van der Waals surface area contributed by atoms with E-state index >= 15 is 0 Å². The molecule has 1 aromatic carbocycles. The summed E-state index contributed by atoms with van der Waals surface area (Å²) in [7, 11) is 1.89. The molecule has 0 amide bonds. The van der Waals surface area contributed by atoms with Crippen LogP contribution in [0.5, 0.6) is 0 Å². The molecule has 1 N–H and O–H groups in total. The summed E-state index contributed by atoms with van der Waals surface area (Å²) in [5.41, 5.74) is 3.85. The van der Waals surface area contributed by atoms with Crippen LogP contribution in [-0.4, -0.2) is 17.1 Å². The molecular weight excluding hydrogens is 263 g/mol. The number of hydrogen-bond donors (Lipinski definition) is 1. The maximum absolute atomic E-state index is 13.8. The van der Waals surface area contributed by atoms with Crippen molar-refractivity contribution in [1.82, 2.24) is 4.98 Å². The monoisotopic (exact) mass is 280 g/mol. The second-order valence-corrected chi connectivity index (χ2v) is 5.50. The third-order valence-corrected chi connectivity index (χ3v) is 4.00. The molecule has 0 saturated carbocycles. The van der Waals surface area contributed by atoms with Gasteiger partial charge in [0.15, 0.2) is 0 Å². The Bertz CT molecular complexity index is 568. The summed E-state index contributed by atoms with van der Waals surface area (Å²) in [6.07, 6.45) is -0.832. The van der Waals surface area contributed by atoms with Crippen molar-refractivity contribution < 1.29 is 9.50 Å². The van der Waals surface area contributed by atoms with E-state index in [9.17, 15) is 9.50 Å². The van der Waals surface area contributed by atoms with E-state index in [1.165, 1.54) is 6.07 Å². The molecule has 0 aliphatic rings. The van der Waals surface area contributed by atoms with E-state index in [4.69, 9.17) is 0 Å². The Labute approximate surface area is 116 Å². The molecule has 1 unspecified atom stereocenters. The van der Waals surface area contributed by atoms with Crippen molar-refractivity contribution in [2.45, 2.75) is 26.5 Å². The van der Waals surface area contributed by atoms with Crippen LogP contribution >= 0.6 is 11.3 Å². The minimum atomic E-state index is -0.832. The Morgan fingerprint density at radius 2 is 2.21 bits per heavy atom. The summed E-state index contributed by atoms with van der Waals surface area (Å²) < 4.78 is 13.8. The van der Waals surface area contributed by atoms with Gasteiger partial charge in [-0.05, 0) is 26.0 Å². The molecule has 0 saturated heterocycles. The van der Waals surface area contributed by atoms with Gasteiger partial charge in [-0.25, -0.2) is 9.37 Å². The Morgan fingerprint density at radius 1 is 1.47 bits per heavy atom. The van der Waals surface area contributed by atoms with Crippen molar-refractivity contribution >= 4 is 17.0 Å². The number of aliphatic hydroxyl groups is 1. The Hall–Kier alpha value is -1.46. The predicted octanol–water partition coefficient (Wildman–Crippen LogP) is 3.28. The highest BCUT2D eigenvalue weighted by Crippen LogP contribution is 2.29. The zero-order valence-corrected chi connectivity index (χ0v) is 12.0. The Morgan fingerprint density at radius 3 is 2.79 bits per heavy atom. The van der Waals surface area contributed by atoms with Crippen LogP contribution in [0.15, 0.2) is 23.7 Å². The fourth-order valence-electron chi connectivity index (χ4n) is 2.05. The first-order valence-electron chi connectivity index (χ1n) is 6.07. The first kappa shape index (κ1) is 14.0. The fourth-order valence-corrected chi connectivity index (χ4v) is 2.88. The van der Waals surface area contributed by atoms with Crippen molar-refractivity contribution in [3.05, 3.63) is 45.7 Å². The van der Waals surface area contributed by atoms with E-state index in [-0.39, 0.29) is 5.82 Å². The van der Waals surface area contributed by atoms with Gasteiger partial charge >= 0.3 is 0 Å². The first-order chi connectivity index (χ1) is 9.00. The van der Waals surface area contributed by atoms with Gasteiger partial charge < -0.3 is 10.0 Å². The van der Waals surface area contributed by atoms with Crippen molar-refractivity contribution in [1.29, 1.82) is 0 Å². The largest absolute Gasteiger partial charge is 0.389 e. The highest BCUT2D eigenvalue weighted by Gasteiger charge is 2.17. The molecule has 19 heavy (non-hydrogen) atoms. The van der Waals surface area contributed by atoms with Gasteiger partial charge in [0.2, 0.25) is 0 Å². The van der Waals surface area contributed by atoms with E-state index in [1.54, 1.807) is 29.8 Å². The maximum Gasteiger partial charge on any atom is 0.131 e. The van der Waals surface area contributed by atoms with E-state index < -0.39 is 6.10 Å². The molecule has 5 heteroatoms. The summed E-state index contributed by atoms with van der Waals surface area (Å²) >= 11 is 1.58. The lowest BCUT2D eigenvalue weighted by Crippen LogP contribution is -2.19. The summed E-state index contributed by atoms with van der Waals surface area (Å²) in [6.45, 7) is 4.19. The number of aryl methyl sites for hydroxylation is 1. The molecular formula is C14H17FN2OS. The molecule has 3 nitrogen and oxygen atoms in total. The molecule has 1 aromatic heterocycles. The SMILES string of the molecule is Cc1ncsc1CN(C)c1cccc(F)c1C(C)O. The zero-order chi connectivity index (χ0) is 14.0. The molecule has 0 fully saturated rings. The Kier molecular flexibility index (Phi) is 4.17. The van der Waals surface area contributed by atoms with Crippen molar-refractivity contribution in [3.63, 3.8) is 0 Å². The average molecular weight is 280 g/mol. The van der Waals surface area contributed by atoms with Gasteiger partial charge in [-0.15, -0.1) is 11.3 Å². The molecule has 1 atom stereocenters. The minimum Gasteiger partial charge on any atom is -0.389 e. The molecule has 0 aliphatic carbocycles. The zero-order valence-electron chi connectivity index (χ0n) is 11.2. The van der Waals surface area contributed by atoms with Gasteiger partial charge in [0.25, 0.3) is 0 Å². The predicted molar refractivity (Wildman–Crippen MR) is 76.0 cm³/mol. The van der Waals surface area contributed by atoms with Crippen LogP contribution in [0.25, 0.3) is 0 Å². The van der Waals surface area contributed by atoms with Gasteiger partial charge in [0.05, 0.1) is 23.9 Å². The van der Waals surface area contributed by atoms with Crippen molar-refractivity contribution in [2.75, 3.05) is 11.9 Å². The van der Waals surface area contributed by atoms with E-state index in [2.05, 4.69) is 4.98 Å². The molecule has 2 aromatic rings. The standard InChI is InChI=1S/C14H17FN2OS/c1-9-13(19-8-16-9)7-17(3)12-6-4-5-11(15)14(12)10(2)18/h4-6,8,10,18H,7H2,1-3H3. The normalized spacial score (nSPS) is 12.5. The third kappa shape index (κ3) is 2.93. The molecule has 0 aliphatic heterocycles. The number of benzene rings is 1. The topological polar surface area (TPSA) is 36.4 Å². The smallest absolute Gasteiger partial charge is 0.131 e. The summed E-state index contributed by atoms with van der Waals surface area (Å²) in [5.74, 6) is -0.375. The van der Waals surface area contributed by atoms with Crippen LogP contribution in [0.3, 0.4) is 0 Å². The average Bonchev–Trinajstić information content (AvgIpc) is 2.74. The van der Waals surface area contributed by atoms with Gasteiger partial charge in [-0.3, -0.25) is 0 Å². The first-order valence-corrected chi connectivity index (χ1v) is 6.95.